The number of rotatable bonds is 4. The monoisotopic (exact) mass is 435 g/mol. The van der Waals surface area contributed by atoms with E-state index in [9.17, 15) is 18.4 Å². The Morgan fingerprint density at radius 2 is 1.90 bits per heavy atom. The maximum Gasteiger partial charge on any atom is 0.266 e. The van der Waals surface area contributed by atoms with Crippen molar-refractivity contribution < 1.29 is 13.6 Å². The Hall–Kier alpha value is -2.45. The number of likely N-dealkylation sites (tertiary alicyclic amines) is 1. The Labute approximate surface area is 174 Å². The number of fused-ring (bicyclic) bond motifs is 1. The largest absolute Gasteiger partial charge is 0.342 e. The van der Waals surface area contributed by atoms with E-state index in [1.807, 2.05) is 0 Å². The van der Waals surface area contributed by atoms with Crippen LogP contribution in [0, 0.1) is 11.6 Å². The van der Waals surface area contributed by atoms with Gasteiger partial charge in [0.15, 0.2) is 5.16 Å². The van der Waals surface area contributed by atoms with Crippen molar-refractivity contribution in [1.29, 1.82) is 0 Å². The third-order valence-electron chi connectivity index (χ3n) is 4.73. The van der Waals surface area contributed by atoms with Crippen molar-refractivity contribution in [1.82, 2.24) is 14.5 Å². The highest BCUT2D eigenvalue weighted by Crippen LogP contribution is 2.25. The van der Waals surface area contributed by atoms with E-state index in [4.69, 9.17) is 11.6 Å². The normalized spacial score (nSPS) is 14.0. The zero-order valence-corrected chi connectivity index (χ0v) is 16.8. The lowest BCUT2D eigenvalue weighted by Crippen LogP contribution is -2.30. The second-order valence-electron chi connectivity index (χ2n) is 6.67. The van der Waals surface area contributed by atoms with Crippen molar-refractivity contribution in [3.8, 4) is 5.69 Å². The minimum absolute atomic E-state index is 0.0638. The highest BCUT2D eigenvalue weighted by molar-refractivity contribution is 7.99. The molecule has 0 bridgehead atoms. The van der Waals surface area contributed by atoms with E-state index in [1.165, 1.54) is 12.1 Å². The molecule has 0 unspecified atom stereocenters. The number of aromatic nitrogens is 2. The van der Waals surface area contributed by atoms with Crippen molar-refractivity contribution in [2.24, 2.45) is 0 Å². The SMILES string of the molecule is O=C(CSc1nc2ccc(Cl)cc2c(=O)n1-c1ccc(F)cc1F)N1CCCC1. The Balaban J connectivity index is 1.81. The van der Waals surface area contributed by atoms with Gasteiger partial charge in [-0.25, -0.2) is 13.8 Å². The van der Waals surface area contributed by atoms with Crippen LogP contribution in [0.15, 0.2) is 46.3 Å². The first-order chi connectivity index (χ1) is 13.9. The van der Waals surface area contributed by atoms with Gasteiger partial charge >= 0.3 is 0 Å². The van der Waals surface area contributed by atoms with Crippen molar-refractivity contribution in [3.63, 3.8) is 0 Å². The number of amides is 1. The second kappa shape index (κ2) is 8.12. The van der Waals surface area contributed by atoms with Crippen molar-refractivity contribution in [2.75, 3.05) is 18.8 Å². The van der Waals surface area contributed by atoms with E-state index in [2.05, 4.69) is 4.98 Å². The molecule has 3 aromatic rings. The molecule has 0 radical (unpaired) electrons. The van der Waals surface area contributed by atoms with Crippen molar-refractivity contribution >= 4 is 40.2 Å². The molecular weight excluding hydrogens is 420 g/mol. The summed E-state index contributed by atoms with van der Waals surface area (Å²) in [4.78, 5) is 31.8. The number of carbonyl (C=O) groups excluding carboxylic acids is 1. The summed E-state index contributed by atoms with van der Waals surface area (Å²) in [5.74, 6) is -1.66. The van der Waals surface area contributed by atoms with E-state index in [0.29, 0.717) is 29.7 Å². The van der Waals surface area contributed by atoms with Gasteiger partial charge in [-0.15, -0.1) is 0 Å². The van der Waals surface area contributed by atoms with Crippen LogP contribution in [0.25, 0.3) is 16.6 Å². The summed E-state index contributed by atoms with van der Waals surface area (Å²) in [6.07, 6.45) is 1.94. The summed E-state index contributed by atoms with van der Waals surface area (Å²) < 4.78 is 28.9. The molecule has 4 rings (SSSR count). The van der Waals surface area contributed by atoms with Gasteiger partial charge in [0.05, 0.1) is 22.3 Å². The molecule has 0 atom stereocenters. The fourth-order valence-corrected chi connectivity index (χ4v) is 4.37. The lowest BCUT2D eigenvalue weighted by Gasteiger charge is -2.17. The summed E-state index contributed by atoms with van der Waals surface area (Å²) in [6, 6.07) is 7.59. The van der Waals surface area contributed by atoms with Gasteiger partial charge < -0.3 is 4.90 Å². The van der Waals surface area contributed by atoms with Crippen LogP contribution in [0.4, 0.5) is 8.78 Å². The molecule has 5 nitrogen and oxygen atoms in total. The first-order valence-corrected chi connectivity index (χ1v) is 10.4. The molecule has 1 aromatic heterocycles. The molecule has 0 N–H and O–H groups in total. The molecule has 29 heavy (non-hydrogen) atoms. The number of hydrogen-bond donors (Lipinski definition) is 0. The zero-order chi connectivity index (χ0) is 20.5. The molecule has 1 aliphatic heterocycles. The first-order valence-electron chi connectivity index (χ1n) is 9.02. The van der Waals surface area contributed by atoms with Gasteiger partial charge in [-0.2, -0.15) is 0 Å². The molecule has 9 heteroatoms. The number of nitrogens with zero attached hydrogens (tertiary/aromatic N) is 3. The van der Waals surface area contributed by atoms with Gasteiger partial charge in [0.2, 0.25) is 5.91 Å². The fraction of sp³-hybridized carbons (Fsp3) is 0.250. The quantitative estimate of drug-likeness (QED) is 0.458. The average Bonchev–Trinajstić information content (AvgIpc) is 3.23. The highest BCUT2D eigenvalue weighted by atomic mass is 35.5. The highest BCUT2D eigenvalue weighted by Gasteiger charge is 2.21. The van der Waals surface area contributed by atoms with Gasteiger partial charge in [0.1, 0.15) is 11.6 Å². The van der Waals surface area contributed by atoms with E-state index in [-0.39, 0.29) is 27.9 Å². The second-order valence-corrected chi connectivity index (χ2v) is 8.05. The van der Waals surface area contributed by atoms with E-state index < -0.39 is 17.2 Å². The number of halogens is 3. The zero-order valence-electron chi connectivity index (χ0n) is 15.2. The maximum atomic E-state index is 14.5. The summed E-state index contributed by atoms with van der Waals surface area (Å²) in [5, 5.41) is 0.700. The smallest absolute Gasteiger partial charge is 0.266 e. The Morgan fingerprint density at radius 1 is 1.14 bits per heavy atom. The Bertz CT molecular complexity index is 1160. The topological polar surface area (TPSA) is 55.2 Å². The van der Waals surface area contributed by atoms with E-state index >= 15 is 0 Å². The third kappa shape index (κ3) is 4.00. The third-order valence-corrected chi connectivity index (χ3v) is 5.89. The van der Waals surface area contributed by atoms with Gasteiger partial charge in [0, 0.05) is 24.2 Å². The van der Waals surface area contributed by atoms with Crippen LogP contribution in [-0.4, -0.2) is 39.2 Å². The van der Waals surface area contributed by atoms with Crippen LogP contribution in [0.3, 0.4) is 0 Å². The summed E-state index contributed by atoms with van der Waals surface area (Å²) in [6.45, 7) is 1.42. The van der Waals surface area contributed by atoms with Crippen LogP contribution in [0.5, 0.6) is 0 Å². The molecule has 0 spiro atoms. The molecule has 2 heterocycles. The van der Waals surface area contributed by atoms with Gasteiger partial charge in [-0.3, -0.25) is 14.2 Å². The van der Waals surface area contributed by atoms with Crippen LogP contribution in [-0.2, 0) is 4.79 Å². The summed E-state index contributed by atoms with van der Waals surface area (Å²) in [5.41, 5.74) is -0.296. The molecule has 0 aliphatic carbocycles. The molecule has 0 saturated carbocycles. The van der Waals surface area contributed by atoms with Crippen LogP contribution in [0.1, 0.15) is 12.8 Å². The molecule has 1 aliphatic rings. The van der Waals surface area contributed by atoms with Crippen LogP contribution >= 0.6 is 23.4 Å². The Morgan fingerprint density at radius 3 is 2.62 bits per heavy atom. The lowest BCUT2D eigenvalue weighted by atomic mass is 10.2. The molecule has 1 fully saturated rings. The van der Waals surface area contributed by atoms with Gasteiger partial charge in [-0.1, -0.05) is 23.4 Å². The molecule has 1 amide bonds. The van der Waals surface area contributed by atoms with E-state index in [1.54, 1.807) is 17.0 Å². The Kier molecular flexibility index (Phi) is 5.56. The van der Waals surface area contributed by atoms with Crippen LogP contribution in [0.2, 0.25) is 5.02 Å². The van der Waals surface area contributed by atoms with E-state index in [0.717, 1.165) is 35.2 Å². The van der Waals surface area contributed by atoms with Crippen molar-refractivity contribution in [3.05, 3.63) is 63.4 Å². The molecule has 1 saturated heterocycles. The number of carbonyl (C=O) groups is 1. The number of thioether (sulfide) groups is 1. The van der Waals surface area contributed by atoms with Crippen molar-refractivity contribution in [2.45, 2.75) is 18.0 Å². The minimum atomic E-state index is -0.900. The lowest BCUT2D eigenvalue weighted by molar-refractivity contribution is -0.127. The first kappa shape index (κ1) is 19.8. The summed E-state index contributed by atoms with van der Waals surface area (Å²) in [7, 11) is 0. The predicted molar refractivity (Wildman–Crippen MR) is 109 cm³/mol. The minimum Gasteiger partial charge on any atom is -0.342 e. The molecular formula is C20H16ClF2N3O2S. The van der Waals surface area contributed by atoms with Gasteiger partial charge in [-0.05, 0) is 43.2 Å². The maximum absolute atomic E-state index is 14.5. The van der Waals surface area contributed by atoms with Crippen LogP contribution < -0.4 is 5.56 Å². The molecule has 150 valence electrons. The standard InChI is InChI=1S/C20H16ClF2N3O2S/c21-12-3-5-16-14(9-12)19(28)26(17-6-4-13(22)10-15(17)23)20(24-16)29-11-18(27)25-7-1-2-8-25/h3-6,9-10H,1-2,7-8,11H2. The average molecular weight is 436 g/mol. The van der Waals surface area contributed by atoms with Gasteiger partial charge in [0.25, 0.3) is 5.56 Å². The number of benzene rings is 2. The predicted octanol–water partition coefficient (Wildman–Crippen LogP) is 4.03. The number of hydrogen-bond acceptors (Lipinski definition) is 4. The summed E-state index contributed by atoms with van der Waals surface area (Å²) >= 11 is 7.05. The molecule has 2 aromatic carbocycles. The fourth-order valence-electron chi connectivity index (χ4n) is 3.29.